The predicted molar refractivity (Wildman–Crippen MR) is 71.6 cm³/mol. The number of aromatic nitrogens is 2. The van der Waals surface area contributed by atoms with Gasteiger partial charge in [-0.3, -0.25) is 0 Å². The minimum absolute atomic E-state index is 0.0825. The van der Waals surface area contributed by atoms with Gasteiger partial charge < -0.3 is 5.11 Å². The second-order valence-corrected chi connectivity index (χ2v) is 4.43. The van der Waals surface area contributed by atoms with Gasteiger partial charge in [-0.1, -0.05) is 29.8 Å². The second-order valence-electron chi connectivity index (χ2n) is 4.02. The van der Waals surface area contributed by atoms with Crippen molar-refractivity contribution in [3.63, 3.8) is 0 Å². The van der Waals surface area contributed by atoms with Gasteiger partial charge in [0, 0.05) is 17.0 Å². The SMILES string of the molecule is Oc1cc(F)c(-c2ncnc3ccccc23)cc1Cl. The van der Waals surface area contributed by atoms with Crippen LogP contribution in [0.15, 0.2) is 42.7 Å². The summed E-state index contributed by atoms with van der Waals surface area (Å²) in [5.74, 6) is -0.868. The number of para-hydroxylation sites is 1. The summed E-state index contributed by atoms with van der Waals surface area (Å²) in [6, 6.07) is 9.65. The molecule has 0 aliphatic heterocycles. The molecule has 0 saturated carbocycles. The van der Waals surface area contributed by atoms with Crippen LogP contribution in [0.3, 0.4) is 0 Å². The fourth-order valence-corrected chi connectivity index (χ4v) is 2.10. The summed E-state index contributed by atoms with van der Waals surface area (Å²) < 4.78 is 14.0. The molecular weight excluding hydrogens is 267 g/mol. The molecule has 3 aromatic rings. The Hall–Kier alpha value is -2.20. The van der Waals surface area contributed by atoms with E-state index in [0.29, 0.717) is 5.69 Å². The van der Waals surface area contributed by atoms with Gasteiger partial charge in [0.2, 0.25) is 0 Å². The molecule has 0 aliphatic rings. The number of nitrogens with zero attached hydrogens (tertiary/aromatic N) is 2. The van der Waals surface area contributed by atoms with E-state index in [1.165, 1.54) is 12.4 Å². The van der Waals surface area contributed by atoms with Gasteiger partial charge in [0.05, 0.1) is 16.2 Å². The van der Waals surface area contributed by atoms with Gasteiger partial charge in [-0.15, -0.1) is 0 Å². The van der Waals surface area contributed by atoms with Crippen LogP contribution >= 0.6 is 11.6 Å². The number of rotatable bonds is 1. The lowest BCUT2D eigenvalue weighted by molar-refractivity contribution is 0.469. The summed E-state index contributed by atoms with van der Waals surface area (Å²) >= 11 is 5.83. The van der Waals surface area contributed by atoms with Crippen LogP contribution in [0.4, 0.5) is 4.39 Å². The van der Waals surface area contributed by atoms with E-state index in [-0.39, 0.29) is 16.3 Å². The largest absolute Gasteiger partial charge is 0.506 e. The van der Waals surface area contributed by atoms with Crippen molar-refractivity contribution in [1.29, 1.82) is 0 Å². The second kappa shape index (κ2) is 4.48. The highest BCUT2D eigenvalue weighted by atomic mass is 35.5. The summed E-state index contributed by atoms with van der Waals surface area (Å²) in [7, 11) is 0. The van der Waals surface area contributed by atoms with Crippen molar-refractivity contribution < 1.29 is 9.50 Å². The molecule has 0 atom stereocenters. The maximum Gasteiger partial charge on any atom is 0.137 e. The van der Waals surface area contributed by atoms with Gasteiger partial charge in [0.1, 0.15) is 17.9 Å². The Kier molecular flexibility index (Phi) is 2.80. The first-order valence-electron chi connectivity index (χ1n) is 5.55. The lowest BCUT2D eigenvalue weighted by Crippen LogP contribution is -1.92. The average Bonchev–Trinajstić information content (AvgIpc) is 2.42. The molecule has 1 N–H and O–H groups in total. The number of benzene rings is 2. The third kappa shape index (κ3) is 2.00. The quantitative estimate of drug-likeness (QED) is 0.734. The topological polar surface area (TPSA) is 46.0 Å². The summed E-state index contributed by atoms with van der Waals surface area (Å²) in [6.07, 6.45) is 1.37. The molecule has 0 bridgehead atoms. The van der Waals surface area contributed by atoms with E-state index in [4.69, 9.17) is 11.6 Å². The van der Waals surface area contributed by atoms with Crippen LogP contribution in [0.5, 0.6) is 5.75 Å². The summed E-state index contributed by atoms with van der Waals surface area (Å²) in [6.45, 7) is 0. The Balaban J connectivity index is 2.33. The number of hydrogen-bond acceptors (Lipinski definition) is 3. The Morgan fingerprint density at radius 2 is 1.89 bits per heavy atom. The Bertz CT molecular complexity index is 771. The third-order valence-electron chi connectivity index (χ3n) is 2.83. The first kappa shape index (κ1) is 11.9. The number of halogens is 2. The van der Waals surface area contributed by atoms with E-state index < -0.39 is 5.82 Å². The van der Waals surface area contributed by atoms with E-state index in [0.717, 1.165) is 17.0 Å². The van der Waals surface area contributed by atoms with Crippen molar-refractivity contribution in [3.05, 3.63) is 53.6 Å². The zero-order valence-corrected chi connectivity index (χ0v) is 10.4. The van der Waals surface area contributed by atoms with Crippen LogP contribution in [-0.4, -0.2) is 15.1 Å². The van der Waals surface area contributed by atoms with Crippen LogP contribution in [-0.2, 0) is 0 Å². The van der Waals surface area contributed by atoms with Crippen LogP contribution in [0.1, 0.15) is 0 Å². The lowest BCUT2D eigenvalue weighted by atomic mass is 10.1. The van der Waals surface area contributed by atoms with Crippen molar-refractivity contribution in [2.24, 2.45) is 0 Å². The smallest absolute Gasteiger partial charge is 0.137 e. The van der Waals surface area contributed by atoms with Gasteiger partial charge in [-0.05, 0) is 12.1 Å². The highest BCUT2D eigenvalue weighted by molar-refractivity contribution is 6.32. The number of fused-ring (bicyclic) bond motifs is 1. The molecule has 2 aromatic carbocycles. The first-order chi connectivity index (χ1) is 9.16. The van der Waals surface area contributed by atoms with Crippen LogP contribution in [0.2, 0.25) is 5.02 Å². The van der Waals surface area contributed by atoms with Crippen LogP contribution in [0, 0.1) is 5.82 Å². The summed E-state index contributed by atoms with van der Waals surface area (Å²) in [5, 5.41) is 10.2. The van der Waals surface area contributed by atoms with Gasteiger partial charge in [-0.2, -0.15) is 0 Å². The Labute approximate surface area is 113 Å². The molecular formula is C14H8ClFN2O. The molecule has 5 heteroatoms. The molecule has 19 heavy (non-hydrogen) atoms. The fraction of sp³-hybridized carbons (Fsp3) is 0. The molecule has 0 saturated heterocycles. The normalized spacial score (nSPS) is 10.8. The maximum atomic E-state index is 14.0. The zero-order chi connectivity index (χ0) is 13.4. The van der Waals surface area contributed by atoms with Crippen LogP contribution in [0.25, 0.3) is 22.2 Å². The summed E-state index contributed by atoms with van der Waals surface area (Å²) in [4.78, 5) is 8.24. The molecule has 1 heterocycles. The lowest BCUT2D eigenvalue weighted by Gasteiger charge is -2.07. The van der Waals surface area contributed by atoms with Crippen LogP contribution < -0.4 is 0 Å². The van der Waals surface area contributed by atoms with Crippen molar-refractivity contribution in [2.75, 3.05) is 0 Å². The van der Waals surface area contributed by atoms with Crippen molar-refractivity contribution in [2.45, 2.75) is 0 Å². The van der Waals surface area contributed by atoms with Gasteiger partial charge in [0.15, 0.2) is 0 Å². The molecule has 0 fully saturated rings. The van der Waals surface area contributed by atoms with E-state index in [1.54, 1.807) is 0 Å². The van der Waals surface area contributed by atoms with Gasteiger partial charge >= 0.3 is 0 Å². The first-order valence-corrected chi connectivity index (χ1v) is 5.93. The van der Waals surface area contributed by atoms with E-state index >= 15 is 0 Å². The number of hydrogen-bond donors (Lipinski definition) is 1. The average molecular weight is 275 g/mol. The molecule has 0 aliphatic carbocycles. The highest BCUT2D eigenvalue weighted by Crippen LogP contribution is 2.33. The van der Waals surface area contributed by atoms with Gasteiger partial charge in [-0.25, -0.2) is 14.4 Å². The van der Waals surface area contributed by atoms with Crippen molar-refractivity contribution >= 4 is 22.5 Å². The molecule has 3 rings (SSSR count). The molecule has 0 spiro atoms. The molecule has 0 amide bonds. The monoisotopic (exact) mass is 274 g/mol. The molecule has 0 radical (unpaired) electrons. The summed E-state index contributed by atoms with van der Waals surface area (Å²) in [5.41, 5.74) is 1.41. The highest BCUT2D eigenvalue weighted by Gasteiger charge is 2.13. The van der Waals surface area contributed by atoms with E-state index in [1.807, 2.05) is 24.3 Å². The zero-order valence-electron chi connectivity index (χ0n) is 9.64. The molecule has 94 valence electrons. The predicted octanol–water partition coefficient (Wildman–Crippen LogP) is 3.79. The van der Waals surface area contributed by atoms with E-state index in [2.05, 4.69) is 9.97 Å². The number of aromatic hydroxyl groups is 1. The number of phenolic OH excluding ortho intramolecular Hbond substituents is 1. The number of phenols is 1. The van der Waals surface area contributed by atoms with Crippen molar-refractivity contribution in [1.82, 2.24) is 9.97 Å². The Morgan fingerprint density at radius 3 is 2.74 bits per heavy atom. The van der Waals surface area contributed by atoms with Crippen molar-refractivity contribution in [3.8, 4) is 17.0 Å². The molecule has 3 nitrogen and oxygen atoms in total. The minimum atomic E-state index is -0.578. The van der Waals surface area contributed by atoms with Gasteiger partial charge in [0.25, 0.3) is 0 Å². The molecule has 1 aromatic heterocycles. The third-order valence-corrected chi connectivity index (χ3v) is 3.14. The standard InChI is InChI=1S/C14H8ClFN2O/c15-10-5-9(11(16)6-13(10)19)14-8-3-1-2-4-12(8)17-7-18-14/h1-7,19H. The fourth-order valence-electron chi connectivity index (χ4n) is 1.94. The maximum absolute atomic E-state index is 14.0. The Morgan fingerprint density at radius 1 is 1.11 bits per heavy atom. The minimum Gasteiger partial charge on any atom is -0.506 e. The molecule has 0 unspecified atom stereocenters. The van der Waals surface area contributed by atoms with E-state index in [9.17, 15) is 9.50 Å².